The van der Waals surface area contributed by atoms with Gasteiger partial charge < -0.3 is 9.64 Å². The van der Waals surface area contributed by atoms with Crippen LogP contribution in [0.4, 0.5) is 0 Å². The molecular weight excluding hydrogens is 308 g/mol. The average Bonchev–Trinajstić information content (AvgIpc) is 3.34. The molecule has 0 radical (unpaired) electrons. The molecule has 0 N–H and O–H groups in total. The van der Waals surface area contributed by atoms with Crippen molar-refractivity contribution in [1.82, 2.24) is 29.9 Å². The molecule has 1 amide bonds. The first-order valence-corrected chi connectivity index (χ1v) is 8.26. The molecule has 8 nitrogen and oxygen atoms in total. The Labute approximate surface area is 139 Å². The van der Waals surface area contributed by atoms with E-state index in [-0.39, 0.29) is 11.9 Å². The lowest BCUT2D eigenvalue weighted by Crippen LogP contribution is -2.42. The van der Waals surface area contributed by atoms with Crippen molar-refractivity contribution in [2.75, 3.05) is 20.3 Å². The number of hydrogen-bond donors (Lipinski definition) is 0. The van der Waals surface area contributed by atoms with Crippen LogP contribution in [0.25, 0.3) is 0 Å². The van der Waals surface area contributed by atoms with Gasteiger partial charge >= 0.3 is 0 Å². The van der Waals surface area contributed by atoms with Gasteiger partial charge in [0.25, 0.3) is 5.91 Å². The number of aromatic nitrogens is 5. The summed E-state index contributed by atoms with van der Waals surface area (Å²) in [7, 11) is 1.64. The summed E-state index contributed by atoms with van der Waals surface area (Å²) >= 11 is 0. The number of ether oxygens (including phenoxy) is 1. The van der Waals surface area contributed by atoms with Crippen LogP contribution in [0, 0.1) is 5.92 Å². The van der Waals surface area contributed by atoms with E-state index in [4.69, 9.17) is 4.74 Å². The second-order valence-electron chi connectivity index (χ2n) is 6.36. The highest BCUT2D eigenvalue weighted by Crippen LogP contribution is 2.33. The molecule has 4 rings (SSSR count). The van der Waals surface area contributed by atoms with Crippen molar-refractivity contribution in [1.29, 1.82) is 0 Å². The Bertz CT molecular complexity index is 727. The Morgan fingerprint density at radius 3 is 3.00 bits per heavy atom. The van der Waals surface area contributed by atoms with E-state index in [2.05, 4.69) is 20.3 Å². The van der Waals surface area contributed by atoms with Crippen molar-refractivity contribution >= 4 is 5.91 Å². The topological polar surface area (TPSA) is 86.0 Å². The highest BCUT2D eigenvalue weighted by molar-refractivity contribution is 5.92. The van der Waals surface area contributed by atoms with Crippen LogP contribution in [0.2, 0.25) is 0 Å². The van der Waals surface area contributed by atoms with Crippen LogP contribution in [0.1, 0.15) is 40.8 Å². The standard InChI is InChI=1S/C16H20N6O2/c1-24-9-14-15-13(22(20-19-15)8-11-2-3-11)5-7-21(14)16(23)12-4-6-17-10-18-12/h4,6,10-11,14H,2-3,5,7-9H2,1H3. The second kappa shape index (κ2) is 6.27. The number of methoxy groups -OCH3 is 1. The zero-order valence-electron chi connectivity index (χ0n) is 13.6. The Balaban J connectivity index is 1.62. The highest BCUT2D eigenvalue weighted by atomic mass is 16.5. The molecule has 0 spiro atoms. The SMILES string of the molecule is COCC1c2nnn(CC3CC3)c2CCN1C(=O)c1ccncn1. The summed E-state index contributed by atoms with van der Waals surface area (Å²) in [6.45, 7) is 1.94. The first-order chi connectivity index (χ1) is 11.8. The van der Waals surface area contributed by atoms with E-state index in [9.17, 15) is 4.79 Å². The van der Waals surface area contributed by atoms with Crippen molar-refractivity contribution in [3.05, 3.63) is 35.7 Å². The van der Waals surface area contributed by atoms with Crippen molar-refractivity contribution in [3.63, 3.8) is 0 Å². The largest absolute Gasteiger partial charge is 0.382 e. The molecule has 1 aliphatic carbocycles. The van der Waals surface area contributed by atoms with Crippen LogP contribution in [0.3, 0.4) is 0 Å². The van der Waals surface area contributed by atoms with Gasteiger partial charge in [-0.3, -0.25) is 4.79 Å². The third-order valence-corrected chi connectivity index (χ3v) is 4.66. The molecule has 2 aromatic heterocycles. The lowest BCUT2D eigenvalue weighted by molar-refractivity contribution is 0.0484. The van der Waals surface area contributed by atoms with Gasteiger partial charge in [-0.15, -0.1) is 5.10 Å². The van der Waals surface area contributed by atoms with Gasteiger partial charge in [-0.1, -0.05) is 5.21 Å². The third-order valence-electron chi connectivity index (χ3n) is 4.66. The predicted molar refractivity (Wildman–Crippen MR) is 84.1 cm³/mol. The molecule has 0 bridgehead atoms. The van der Waals surface area contributed by atoms with Gasteiger partial charge in [0.15, 0.2) is 0 Å². The molecule has 0 aromatic carbocycles. The molecule has 24 heavy (non-hydrogen) atoms. The maximum atomic E-state index is 12.8. The van der Waals surface area contributed by atoms with Crippen LogP contribution >= 0.6 is 0 Å². The Hall–Kier alpha value is -2.35. The van der Waals surface area contributed by atoms with E-state index < -0.39 is 0 Å². The van der Waals surface area contributed by atoms with Gasteiger partial charge in [-0.25, -0.2) is 14.6 Å². The highest BCUT2D eigenvalue weighted by Gasteiger charge is 2.36. The normalized spacial score (nSPS) is 20.0. The molecule has 1 aliphatic heterocycles. The lowest BCUT2D eigenvalue weighted by atomic mass is 10.0. The van der Waals surface area contributed by atoms with Gasteiger partial charge in [-0.2, -0.15) is 0 Å². The van der Waals surface area contributed by atoms with E-state index >= 15 is 0 Å². The number of carbonyl (C=O) groups excluding carboxylic acids is 1. The zero-order chi connectivity index (χ0) is 16.5. The Kier molecular flexibility index (Phi) is 3.97. The Morgan fingerprint density at radius 2 is 2.29 bits per heavy atom. The van der Waals surface area contributed by atoms with E-state index in [0.29, 0.717) is 18.8 Å². The molecule has 3 heterocycles. The quantitative estimate of drug-likeness (QED) is 0.809. The molecule has 1 atom stereocenters. The second-order valence-corrected chi connectivity index (χ2v) is 6.36. The summed E-state index contributed by atoms with van der Waals surface area (Å²) in [4.78, 5) is 22.5. The maximum Gasteiger partial charge on any atom is 0.273 e. The van der Waals surface area contributed by atoms with Crippen LogP contribution in [0.5, 0.6) is 0 Å². The molecule has 2 aromatic rings. The number of rotatable bonds is 5. The number of carbonyl (C=O) groups is 1. The van der Waals surface area contributed by atoms with Crippen molar-refractivity contribution in [2.24, 2.45) is 5.92 Å². The van der Waals surface area contributed by atoms with Crippen LogP contribution in [-0.2, 0) is 17.7 Å². The van der Waals surface area contributed by atoms with Gasteiger partial charge in [0.1, 0.15) is 23.8 Å². The molecule has 8 heteroatoms. The Morgan fingerprint density at radius 1 is 1.42 bits per heavy atom. The number of fused-ring (bicyclic) bond motifs is 1. The fraction of sp³-hybridized carbons (Fsp3) is 0.562. The first-order valence-electron chi connectivity index (χ1n) is 8.26. The van der Waals surface area contributed by atoms with Crippen LogP contribution in [-0.4, -0.2) is 56.0 Å². The van der Waals surface area contributed by atoms with Gasteiger partial charge in [0.2, 0.25) is 0 Å². The van der Waals surface area contributed by atoms with Gasteiger partial charge in [0, 0.05) is 32.8 Å². The lowest BCUT2D eigenvalue weighted by Gasteiger charge is -2.34. The molecule has 1 fully saturated rings. The fourth-order valence-electron chi connectivity index (χ4n) is 3.22. The summed E-state index contributed by atoms with van der Waals surface area (Å²) in [6.07, 6.45) is 6.27. The van der Waals surface area contributed by atoms with Crippen LogP contribution < -0.4 is 0 Å². The van der Waals surface area contributed by atoms with Gasteiger partial charge in [0.05, 0.1) is 12.3 Å². The summed E-state index contributed by atoms with van der Waals surface area (Å²) in [5.41, 5.74) is 2.38. The minimum Gasteiger partial charge on any atom is -0.382 e. The molecular formula is C16H20N6O2. The molecule has 126 valence electrons. The minimum absolute atomic E-state index is 0.123. The number of hydrogen-bond acceptors (Lipinski definition) is 6. The summed E-state index contributed by atoms with van der Waals surface area (Å²) in [5, 5.41) is 8.69. The molecule has 2 aliphatic rings. The zero-order valence-corrected chi connectivity index (χ0v) is 13.6. The smallest absolute Gasteiger partial charge is 0.273 e. The number of amides is 1. The monoisotopic (exact) mass is 328 g/mol. The summed E-state index contributed by atoms with van der Waals surface area (Å²) < 4.78 is 7.37. The van der Waals surface area contributed by atoms with E-state index in [1.807, 2.05) is 4.68 Å². The molecule has 1 saturated carbocycles. The number of nitrogens with zero attached hydrogens (tertiary/aromatic N) is 6. The fourth-order valence-corrected chi connectivity index (χ4v) is 3.22. The minimum atomic E-state index is -0.228. The van der Waals surface area contributed by atoms with E-state index in [1.165, 1.54) is 19.2 Å². The molecule has 0 saturated heterocycles. The first kappa shape index (κ1) is 15.2. The molecule has 1 unspecified atom stereocenters. The summed E-state index contributed by atoms with van der Waals surface area (Å²) in [6, 6.07) is 1.40. The van der Waals surface area contributed by atoms with E-state index in [0.717, 1.165) is 30.3 Å². The van der Waals surface area contributed by atoms with Gasteiger partial charge in [-0.05, 0) is 24.8 Å². The third kappa shape index (κ3) is 2.77. The van der Waals surface area contributed by atoms with Crippen molar-refractivity contribution in [2.45, 2.75) is 31.8 Å². The summed E-state index contributed by atoms with van der Waals surface area (Å²) in [5.74, 6) is 0.610. The van der Waals surface area contributed by atoms with E-state index in [1.54, 1.807) is 24.3 Å². The van der Waals surface area contributed by atoms with Crippen LogP contribution in [0.15, 0.2) is 18.6 Å². The van der Waals surface area contributed by atoms with Crippen molar-refractivity contribution < 1.29 is 9.53 Å². The predicted octanol–water partition coefficient (Wildman–Crippen LogP) is 0.864. The van der Waals surface area contributed by atoms with Crippen molar-refractivity contribution in [3.8, 4) is 0 Å². The maximum absolute atomic E-state index is 12.8. The average molecular weight is 328 g/mol.